The lowest BCUT2D eigenvalue weighted by Crippen LogP contribution is -2.08. The molecule has 1 aromatic rings. The van der Waals surface area contributed by atoms with Gasteiger partial charge in [-0.25, -0.2) is 8.99 Å². The van der Waals surface area contributed by atoms with Crippen molar-refractivity contribution in [3.8, 4) is 0 Å². The largest absolute Gasteiger partial charge is 0.268 e. The Kier molecular flexibility index (Phi) is 2.58. The Hall–Kier alpha value is -0.840. The van der Waals surface area contributed by atoms with Crippen LogP contribution in [0.5, 0.6) is 0 Å². The normalized spacial score (nSPS) is 19.6. The van der Waals surface area contributed by atoms with Crippen molar-refractivity contribution in [3.63, 3.8) is 0 Å². The molecule has 0 fully saturated rings. The Morgan fingerprint density at radius 1 is 1.47 bits per heavy atom. The Balaban J connectivity index is 2.62. The molecule has 1 aromatic heterocycles. The lowest BCUT2D eigenvalue weighted by Gasteiger charge is -2.13. The van der Waals surface area contributed by atoms with Crippen molar-refractivity contribution >= 4 is 9.73 Å². The molecule has 1 atom stereocenters. The monoisotopic (exact) mass is 227 g/mol. The van der Waals surface area contributed by atoms with E-state index in [1.54, 1.807) is 0 Å². The molecule has 0 aromatic carbocycles. The van der Waals surface area contributed by atoms with E-state index in [2.05, 4.69) is 5.10 Å². The molecule has 15 heavy (non-hydrogen) atoms. The third-order valence-corrected chi connectivity index (χ3v) is 3.95. The molecule has 4 nitrogen and oxygen atoms in total. The van der Waals surface area contributed by atoms with Gasteiger partial charge in [-0.3, -0.25) is 4.68 Å². The van der Waals surface area contributed by atoms with Crippen LogP contribution in [-0.2, 0) is 29.1 Å². The summed E-state index contributed by atoms with van der Waals surface area (Å²) in [6, 6.07) is 0. The van der Waals surface area contributed by atoms with E-state index in [1.165, 1.54) is 18.4 Å². The average Bonchev–Trinajstić information content (AvgIpc) is 2.55. The maximum Gasteiger partial charge on any atom is 0.160 e. The molecule has 0 amide bonds. The third kappa shape index (κ3) is 1.80. The highest BCUT2D eigenvalue weighted by molar-refractivity contribution is 7.91. The molecule has 0 saturated carbocycles. The van der Waals surface area contributed by atoms with Crippen molar-refractivity contribution in [3.05, 3.63) is 11.3 Å². The standard InChI is InChI=1S/C10H17N3OS/c1-3-13-9-7-5-4-6-8(9)10(12-13)15(2,11)14/h11H,3-7H2,1-2H3. The van der Waals surface area contributed by atoms with Crippen LogP contribution in [-0.4, -0.2) is 20.2 Å². The minimum Gasteiger partial charge on any atom is -0.268 e. The van der Waals surface area contributed by atoms with Gasteiger partial charge in [0.25, 0.3) is 0 Å². The van der Waals surface area contributed by atoms with Crippen LogP contribution < -0.4 is 0 Å². The summed E-state index contributed by atoms with van der Waals surface area (Å²) in [5.41, 5.74) is 2.30. The molecule has 0 aliphatic heterocycles. The Bertz CT molecular complexity index is 473. The highest BCUT2D eigenvalue weighted by atomic mass is 32.2. The first kappa shape index (κ1) is 10.7. The fourth-order valence-corrected chi connectivity index (χ4v) is 3.15. The molecular formula is C10H17N3OS. The van der Waals surface area contributed by atoms with Gasteiger partial charge in [0.15, 0.2) is 5.03 Å². The lowest BCUT2D eigenvalue weighted by molar-refractivity contribution is 0.578. The van der Waals surface area contributed by atoms with Crippen molar-refractivity contribution in [2.45, 2.75) is 44.2 Å². The Labute approximate surface area is 90.7 Å². The van der Waals surface area contributed by atoms with E-state index < -0.39 is 9.73 Å². The molecule has 1 aliphatic rings. The fraction of sp³-hybridized carbons (Fsp3) is 0.700. The van der Waals surface area contributed by atoms with Gasteiger partial charge in [-0.15, -0.1) is 0 Å². The number of fused-ring (bicyclic) bond motifs is 1. The molecule has 5 heteroatoms. The molecule has 0 saturated heterocycles. The minimum atomic E-state index is -2.67. The first-order valence-electron chi connectivity index (χ1n) is 5.36. The van der Waals surface area contributed by atoms with Crippen LogP contribution in [0, 0.1) is 4.78 Å². The maximum atomic E-state index is 11.8. The molecule has 84 valence electrons. The molecule has 1 heterocycles. The van der Waals surface area contributed by atoms with Crippen molar-refractivity contribution in [2.24, 2.45) is 0 Å². The van der Waals surface area contributed by atoms with Crippen LogP contribution in [0.4, 0.5) is 0 Å². The average molecular weight is 227 g/mol. The molecule has 0 radical (unpaired) electrons. The zero-order valence-electron chi connectivity index (χ0n) is 9.25. The first-order valence-corrected chi connectivity index (χ1v) is 7.33. The second kappa shape index (κ2) is 3.63. The predicted molar refractivity (Wildman–Crippen MR) is 59.6 cm³/mol. The zero-order chi connectivity index (χ0) is 11.1. The molecule has 2 rings (SSSR count). The second-order valence-electron chi connectivity index (χ2n) is 4.10. The number of aryl methyl sites for hydroxylation is 1. The Morgan fingerprint density at radius 3 is 2.73 bits per heavy atom. The van der Waals surface area contributed by atoms with Gasteiger partial charge in [0, 0.05) is 24.1 Å². The summed E-state index contributed by atoms with van der Waals surface area (Å²) in [5.74, 6) is 0. The van der Waals surface area contributed by atoms with E-state index in [0.29, 0.717) is 5.03 Å². The van der Waals surface area contributed by atoms with E-state index in [4.69, 9.17) is 4.78 Å². The molecule has 1 aliphatic carbocycles. The topological polar surface area (TPSA) is 58.7 Å². The van der Waals surface area contributed by atoms with Gasteiger partial charge < -0.3 is 0 Å². The second-order valence-corrected chi connectivity index (χ2v) is 6.17. The summed E-state index contributed by atoms with van der Waals surface area (Å²) in [4.78, 5) is 0. The lowest BCUT2D eigenvalue weighted by atomic mass is 9.98. The van der Waals surface area contributed by atoms with E-state index in [9.17, 15) is 4.21 Å². The van der Waals surface area contributed by atoms with E-state index in [1.807, 2.05) is 11.6 Å². The summed E-state index contributed by atoms with van der Waals surface area (Å²) in [5, 5.41) is 4.86. The van der Waals surface area contributed by atoms with E-state index in [0.717, 1.165) is 31.4 Å². The van der Waals surface area contributed by atoms with Crippen molar-refractivity contribution < 1.29 is 4.21 Å². The number of nitrogens with zero attached hydrogens (tertiary/aromatic N) is 2. The van der Waals surface area contributed by atoms with Gasteiger partial charge in [0.1, 0.15) is 0 Å². The fourth-order valence-electron chi connectivity index (χ4n) is 2.21. The SMILES string of the molecule is CCn1nc(S(C)(=N)=O)c2c1CCCC2. The van der Waals surface area contributed by atoms with Crippen molar-refractivity contribution in [2.75, 3.05) is 6.26 Å². The summed E-state index contributed by atoms with van der Waals surface area (Å²) in [7, 11) is -2.67. The number of rotatable bonds is 2. The molecule has 1 unspecified atom stereocenters. The van der Waals surface area contributed by atoms with E-state index in [-0.39, 0.29) is 0 Å². The van der Waals surface area contributed by atoms with Crippen LogP contribution in [0.2, 0.25) is 0 Å². The summed E-state index contributed by atoms with van der Waals surface area (Å²) in [6.07, 6.45) is 5.73. The number of aromatic nitrogens is 2. The zero-order valence-corrected chi connectivity index (χ0v) is 10.1. The van der Waals surface area contributed by atoms with Crippen molar-refractivity contribution in [1.82, 2.24) is 9.78 Å². The number of hydrogen-bond acceptors (Lipinski definition) is 3. The predicted octanol–water partition coefficient (Wildman–Crippen LogP) is 1.82. The van der Waals surface area contributed by atoms with Gasteiger partial charge >= 0.3 is 0 Å². The van der Waals surface area contributed by atoms with Gasteiger partial charge in [-0.1, -0.05) is 0 Å². The van der Waals surface area contributed by atoms with Gasteiger partial charge in [0.05, 0.1) is 9.73 Å². The first-order chi connectivity index (χ1) is 7.04. The smallest absolute Gasteiger partial charge is 0.160 e. The summed E-state index contributed by atoms with van der Waals surface area (Å²) in [6.45, 7) is 2.84. The van der Waals surface area contributed by atoms with Gasteiger partial charge in [0.2, 0.25) is 0 Å². The molecule has 0 spiro atoms. The minimum absolute atomic E-state index is 0.527. The van der Waals surface area contributed by atoms with Crippen LogP contribution >= 0.6 is 0 Å². The number of hydrogen-bond donors (Lipinski definition) is 1. The summed E-state index contributed by atoms with van der Waals surface area (Å²) >= 11 is 0. The quantitative estimate of drug-likeness (QED) is 0.837. The highest BCUT2D eigenvalue weighted by Gasteiger charge is 2.23. The van der Waals surface area contributed by atoms with Crippen LogP contribution in [0.15, 0.2) is 5.03 Å². The number of nitrogens with one attached hydrogen (secondary N) is 1. The van der Waals surface area contributed by atoms with Crippen molar-refractivity contribution in [1.29, 1.82) is 4.78 Å². The molecular weight excluding hydrogens is 210 g/mol. The molecule has 1 N–H and O–H groups in total. The molecule has 0 bridgehead atoms. The van der Waals surface area contributed by atoms with Crippen LogP contribution in [0.1, 0.15) is 31.0 Å². The highest BCUT2D eigenvalue weighted by Crippen LogP contribution is 2.27. The van der Waals surface area contributed by atoms with Gasteiger partial charge in [-0.05, 0) is 32.6 Å². The van der Waals surface area contributed by atoms with Crippen LogP contribution in [0.3, 0.4) is 0 Å². The van der Waals surface area contributed by atoms with Gasteiger partial charge in [-0.2, -0.15) is 5.10 Å². The van der Waals surface area contributed by atoms with E-state index >= 15 is 0 Å². The Morgan fingerprint density at radius 2 is 2.13 bits per heavy atom. The maximum absolute atomic E-state index is 11.8. The summed E-state index contributed by atoms with van der Waals surface area (Å²) < 4.78 is 21.4. The van der Waals surface area contributed by atoms with Crippen LogP contribution in [0.25, 0.3) is 0 Å². The third-order valence-electron chi connectivity index (χ3n) is 2.89.